The van der Waals surface area contributed by atoms with E-state index in [1.807, 2.05) is 0 Å². The number of unbranched alkanes of at least 4 members (excludes halogenated alkanes) is 2. The molecule has 118 valence electrons. The van der Waals surface area contributed by atoms with Gasteiger partial charge < -0.3 is 14.9 Å². The zero-order valence-corrected chi connectivity index (χ0v) is 12.6. The van der Waals surface area contributed by atoms with E-state index in [-0.39, 0.29) is 19.0 Å². The molecule has 1 aliphatic heterocycles. The van der Waals surface area contributed by atoms with Gasteiger partial charge in [0.1, 0.15) is 11.6 Å². The Balaban J connectivity index is 2.10. The highest BCUT2D eigenvalue weighted by Gasteiger charge is 2.24. The molecule has 0 saturated carbocycles. The van der Waals surface area contributed by atoms with Gasteiger partial charge in [0.25, 0.3) is 0 Å². The lowest BCUT2D eigenvalue weighted by Gasteiger charge is -2.27. The second-order valence-corrected chi connectivity index (χ2v) is 5.92. The maximum absolute atomic E-state index is 14.2. The predicted octanol–water partition coefficient (Wildman–Crippen LogP) is 3.03. The number of hydrogen-bond donors (Lipinski definition) is 2. The van der Waals surface area contributed by atoms with Gasteiger partial charge in [-0.3, -0.25) is 0 Å². The maximum Gasteiger partial charge on any atom is 0.127 e. The molecule has 0 fully saturated rings. The first kappa shape index (κ1) is 16.2. The van der Waals surface area contributed by atoms with Gasteiger partial charge >= 0.3 is 0 Å². The normalized spacial score (nSPS) is 17.7. The predicted molar refractivity (Wildman–Crippen MR) is 80.1 cm³/mol. The Morgan fingerprint density at radius 1 is 1.29 bits per heavy atom. The van der Waals surface area contributed by atoms with Crippen LogP contribution in [-0.2, 0) is 6.42 Å². The van der Waals surface area contributed by atoms with Gasteiger partial charge in [0, 0.05) is 5.92 Å². The van der Waals surface area contributed by atoms with Crippen LogP contribution in [0.15, 0.2) is 12.1 Å². The van der Waals surface area contributed by atoms with Crippen molar-refractivity contribution in [1.82, 2.24) is 0 Å². The van der Waals surface area contributed by atoms with E-state index in [1.54, 1.807) is 6.07 Å². The number of ether oxygens (including phenoxy) is 1. The summed E-state index contributed by atoms with van der Waals surface area (Å²) >= 11 is 0. The molecule has 1 aliphatic rings. The Bertz CT molecular complexity index is 458. The standard InChI is InChI=1S/C17H25FO3/c1-2-3-4-5-12-6-13-7-16(18)15(14(9-19)10-20)8-17(13)21-11-12/h7-8,12,14,19-20H,2-6,9-11H2,1H3. The quantitative estimate of drug-likeness (QED) is 0.760. The summed E-state index contributed by atoms with van der Waals surface area (Å²) in [6.45, 7) is 2.31. The van der Waals surface area contributed by atoms with Gasteiger partial charge in [-0.1, -0.05) is 26.2 Å². The maximum atomic E-state index is 14.2. The molecular weight excluding hydrogens is 271 g/mol. The molecule has 1 aromatic rings. The summed E-state index contributed by atoms with van der Waals surface area (Å²) in [5.41, 5.74) is 1.24. The largest absolute Gasteiger partial charge is 0.493 e. The summed E-state index contributed by atoms with van der Waals surface area (Å²) < 4.78 is 19.9. The Hall–Kier alpha value is -1.13. The van der Waals surface area contributed by atoms with Crippen LogP contribution >= 0.6 is 0 Å². The van der Waals surface area contributed by atoms with Crippen LogP contribution in [0.1, 0.15) is 49.7 Å². The summed E-state index contributed by atoms with van der Waals surface area (Å²) in [7, 11) is 0. The second kappa shape index (κ2) is 7.76. The molecule has 2 rings (SSSR count). The number of fused-ring (bicyclic) bond motifs is 1. The molecule has 0 radical (unpaired) electrons. The summed E-state index contributed by atoms with van der Waals surface area (Å²) in [6, 6.07) is 3.15. The van der Waals surface area contributed by atoms with Crippen LogP contribution < -0.4 is 4.74 Å². The third kappa shape index (κ3) is 3.95. The van der Waals surface area contributed by atoms with E-state index < -0.39 is 5.92 Å². The smallest absolute Gasteiger partial charge is 0.127 e. The van der Waals surface area contributed by atoms with Gasteiger partial charge in [0.2, 0.25) is 0 Å². The van der Waals surface area contributed by atoms with E-state index in [2.05, 4.69) is 6.92 Å². The highest BCUT2D eigenvalue weighted by molar-refractivity contribution is 5.41. The van der Waals surface area contributed by atoms with Crippen LogP contribution in [-0.4, -0.2) is 30.0 Å². The van der Waals surface area contributed by atoms with Crippen LogP contribution in [0.4, 0.5) is 4.39 Å². The third-order valence-corrected chi connectivity index (χ3v) is 4.26. The fourth-order valence-corrected chi connectivity index (χ4v) is 2.92. The first-order valence-corrected chi connectivity index (χ1v) is 7.86. The van der Waals surface area contributed by atoms with E-state index in [9.17, 15) is 14.6 Å². The number of benzene rings is 1. The summed E-state index contributed by atoms with van der Waals surface area (Å²) in [4.78, 5) is 0. The molecule has 1 aromatic carbocycles. The van der Waals surface area contributed by atoms with Crippen molar-refractivity contribution in [3.63, 3.8) is 0 Å². The third-order valence-electron chi connectivity index (χ3n) is 4.26. The number of rotatable bonds is 7. The van der Waals surface area contributed by atoms with E-state index in [0.717, 1.165) is 18.4 Å². The molecule has 0 aromatic heterocycles. The molecular formula is C17H25FO3. The molecule has 2 N–H and O–H groups in total. The monoisotopic (exact) mass is 296 g/mol. The van der Waals surface area contributed by atoms with Crippen molar-refractivity contribution < 1.29 is 19.3 Å². The van der Waals surface area contributed by atoms with Crippen molar-refractivity contribution in [2.24, 2.45) is 5.92 Å². The highest BCUT2D eigenvalue weighted by Crippen LogP contribution is 2.34. The summed E-state index contributed by atoms with van der Waals surface area (Å²) in [6.07, 6.45) is 5.58. The lowest BCUT2D eigenvalue weighted by Crippen LogP contribution is -2.22. The molecule has 0 bridgehead atoms. The highest BCUT2D eigenvalue weighted by atomic mass is 19.1. The minimum Gasteiger partial charge on any atom is -0.493 e. The number of halogens is 1. The van der Waals surface area contributed by atoms with Crippen molar-refractivity contribution in [1.29, 1.82) is 0 Å². The van der Waals surface area contributed by atoms with Crippen LogP contribution in [0, 0.1) is 11.7 Å². The van der Waals surface area contributed by atoms with Crippen molar-refractivity contribution in [3.05, 3.63) is 29.1 Å². The van der Waals surface area contributed by atoms with Crippen LogP contribution in [0.3, 0.4) is 0 Å². The minimum atomic E-state index is -0.582. The molecule has 4 heteroatoms. The average Bonchev–Trinajstić information content (AvgIpc) is 2.49. The molecule has 0 spiro atoms. The number of hydrogen-bond acceptors (Lipinski definition) is 3. The van der Waals surface area contributed by atoms with Crippen molar-refractivity contribution in [2.75, 3.05) is 19.8 Å². The lowest BCUT2D eigenvalue weighted by molar-refractivity contribution is 0.187. The Kier molecular flexibility index (Phi) is 6.00. The Labute approximate surface area is 125 Å². The van der Waals surface area contributed by atoms with Crippen LogP contribution in [0.25, 0.3) is 0 Å². The van der Waals surface area contributed by atoms with Crippen molar-refractivity contribution >= 4 is 0 Å². The Morgan fingerprint density at radius 3 is 2.71 bits per heavy atom. The molecule has 0 saturated heterocycles. The molecule has 21 heavy (non-hydrogen) atoms. The fourth-order valence-electron chi connectivity index (χ4n) is 2.92. The topological polar surface area (TPSA) is 49.7 Å². The van der Waals surface area contributed by atoms with E-state index in [0.29, 0.717) is 23.8 Å². The first-order chi connectivity index (χ1) is 10.2. The van der Waals surface area contributed by atoms with E-state index >= 15 is 0 Å². The summed E-state index contributed by atoms with van der Waals surface area (Å²) in [5, 5.41) is 18.4. The van der Waals surface area contributed by atoms with Crippen molar-refractivity contribution in [3.8, 4) is 5.75 Å². The van der Waals surface area contributed by atoms with Gasteiger partial charge in [-0.05, 0) is 42.0 Å². The van der Waals surface area contributed by atoms with Gasteiger partial charge in [-0.25, -0.2) is 4.39 Å². The number of aliphatic hydroxyl groups excluding tert-OH is 2. The van der Waals surface area contributed by atoms with Gasteiger partial charge in [-0.2, -0.15) is 0 Å². The van der Waals surface area contributed by atoms with Crippen molar-refractivity contribution in [2.45, 2.75) is 44.9 Å². The zero-order valence-electron chi connectivity index (χ0n) is 12.6. The molecule has 1 heterocycles. The van der Waals surface area contributed by atoms with Crippen LogP contribution in [0.5, 0.6) is 5.75 Å². The van der Waals surface area contributed by atoms with E-state index in [1.165, 1.54) is 25.3 Å². The molecule has 0 aliphatic carbocycles. The van der Waals surface area contributed by atoms with Gasteiger partial charge in [0.05, 0.1) is 19.8 Å². The number of aliphatic hydroxyl groups is 2. The van der Waals surface area contributed by atoms with E-state index in [4.69, 9.17) is 4.74 Å². The zero-order chi connectivity index (χ0) is 15.2. The fraction of sp³-hybridized carbons (Fsp3) is 0.647. The molecule has 3 nitrogen and oxygen atoms in total. The van der Waals surface area contributed by atoms with Gasteiger partial charge in [-0.15, -0.1) is 0 Å². The van der Waals surface area contributed by atoms with Gasteiger partial charge in [0.15, 0.2) is 0 Å². The molecule has 1 unspecified atom stereocenters. The molecule has 0 amide bonds. The average molecular weight is 296 g/mol. The molecule has 1 atom stereocenters. The summed E-state index contributed by atoms with van der Waals surface area (Å²) in [5.74, 6) is 0.214. The van der Waals surface area contributed by atoms with Crippen LogP contribution in [0.2, 0.25) is 0 Å². The Morgan fingerprint density at radius 2 is 2.05 bits per heavy atom. The lowest BCUT2D eigenvalue weighted by atomic mass is 9.89. The second-order valence-electron chi connectivity index (χ2n) is 5.92. The SMILES string of the molecule is CCCCCC1COc2cc(C(CO)CO)c(F)cc2C1. The minimum absolute atomic E-state index is 0.272. The first-order valence-electron chi connectivity index (χ1n) is 7.86.